The molecule has 3 aromatic heterocycles. The summed E-state index contributed by atoms with van der Waals surface area (Å²) in [6, 6.07) is 7.21. The lowest BCUT2D eigenvalue weighted by Crippen LogP contribution is -2.26. The van der Waals surface area contributed by atoms with Gasteiger partial charge in [0.15, 0.2) is 16.8 Å². The summed E-state index contributed by atoms with van der Waals surface area (Å²) in [5.41, 5.74) is 2.32. The van der Waals surface area contributed by atoms with Crippen molar-refractivity contribution in [2.24, 2.45) is 0 Å². The minimum Gasteiger partial charge on any atom is -0.480 e. The Morgan fingerprint density at radius 2 is 1.92 bits per heavy atom. The van der Waals surface area contributed by atoms with E-state index < -0.39 is 18.1 Å². The average Bonchev–Trinajstić information content (AvgIpc) is 2.94. The third kappa shape index (κ3) is 2.49. The second-order valence-electron chi connectivity index (χ2n) is 5.65. The molecule has 0 amide bonds. The molecule has 0 aliphatic heterocycles. The predicted octanol–water partition coefficient (Wildman–Crippen LogP) is 1.55. The van der Waals surface area contributed by atoms with Crippen LogP contribution in [0.1, 0.15) is 5.69 Å². The molecule has 0 spiro atoms. The zero-order chi connectivity index (χ0) is 18.4. The smallest absolute Gasteiger partial charge is 0.323 e. The van der Waals surface area contributed by atoms with Gasteiger partial charge in [-0.25, -0.2) is 4.98 Å². The maximum absolute atomic E-state index is 12.4. The first kappa shape index (κ1) is 16.2. The molecule has 130 valence electrons. The summed E-state index contributed by atoms with van der Waals surface area (Å²) in [6.45, 7) is 1.31. The van der Waals surface area contributed by atoms with Gasteiger partial charge in [-0.1, -0.05) is 23.7 Å². The van der Waals surface area contributed by atoms with Crippen molar-refractivity contribution in [2.75, 3.05) is 0 Å². The number of aryl methyl sites for hydroxylation is 1. The van der Waals surface area contributed by atoms with Crippen molar-refractivity contribution in [3.8, 4) is 11.1 Å². The van der Waals surface area contributed by atoms with Crippen molar-refractivity contribution in [1.29, 1.82) is 0 Å². The minimum atomic E-state index is -1.15. The van der Waals surface area contributed by atoms with Crippen LogP contribution in [0.4, 0.5) is 0 Å². The number of aromatic nitrogens is 6. The molecule has 26 heavy (non-hydrogen) atoms. The molecular weight excluding hydrogens is 360 g/mol. The number of fused-ring (bicyclic) bond motifs is 3. The molecule has 3 heterocycles. The van der Waals surface area contributed by atoms with Gasteiger partial charge in [-0.3, -0.25) is 14.2 Å². The molecule has 0 aliphatic carbocycles. The summed E-state index contributed by atoms with van der Waals surface area (Å²) < 4.78 is 2.40. The number of carboxylic acid groups (broad SMARTS) is 1. The van der Waals surface area contributed by atoms with E-state index in [2.05, 4.69) is 20.3 Å². The van der Waals surface area contributed by atoms with Crippen LogP contribution >= 0.6 is 11.6 Å². The first-order chi connectivity index (χ1) is 12.5. The SMILES string of the molecule is Cc1nn2c(nnc3c(=O)n(CC(=O)O)cnc32)c1-c1ccc(Cl)cc1. The topological polar surface area (TPSA) is 115 Å². The Kier molecular flexibility index (Phi) is 3.66. The van der Waals surface area contributed by atoms with Crippen molar-refractivity contribution in [2.45, 2.75) is 13.5 Å². The van der Waals surface area contributed by atoms with Gasteiger partial charge in [-0.2, -0.15) is 9.61 Å². The number of carbonyl (C=O) groups is 1. The number of hydrogen-bond donors (Lipinski definition) is 1. The minimum absolute atomic E-state index is 0.0496. The Balaban J connectivity index is 1.99. The van der Waals surface area contributed by atoms with Gasteiger partial charge in [-0.05, 0) is 24.6 Å². The standard InChI is InChI=1S/C16H11ClN6O3/c1-8-12(9-2-4-10(17)5-3-9)14-20-19-13-15(23(14)21-8)18-7-22(16(13)26)6-11(24)25/h2-5,7H,6H2,1H3,(H,24,25). The molecule has 0 atom stereocenters. The van der Waals surface area contributed by atoms with E-state index >= 15 is 0 Å². The molecule has 0 saturated heterocycles. The first-order valence-electron chi connectivity index (χ1n) is 7.54. The van der Waals surface area contributed by atoms with Gasteiger partial charge in [0.1, 0.15) is 12.9 Å². The number of rotatable bonds is 3. The van der Waals surface area contributed by atoms with Gasteiger partial charge < -0.3 is 5.11 Å². The first-order valence-corrected chi connectivity index (χ1v) is 7.92. The average molecular weight is 371 g/mol. The summed E-state index contributed by atoms with van der Waals surface area (Å²) in [4.78, 5) is 27.4. The summed E-state index contributed by atoms with van der Waals surface area (Å²) in [5.74, 6) is -1.15. The summed E-state index contributed by atoms with van der Waals surface area (Å²) in [6.07, 6.45) is 1.17. The molecule has 4 rings (SSSR count). The van der Waals surface area contributed by atoms with Gasteiger partial charge in [0.05, 0.1) is 11.3 Å². The molecule has 4 aromatic rings. The molecule has 1 N–H and O–H groups in total. The highest BCUT2D eigenvalue weighted by Crippen LogP contribution is 2.28. The Bertz CT molecular complexity index is 1230. The van der Waals surface area contributed by atoms with E-state index in [0.29, 0.717) is 16.4 Å². The summed E-state index contributed by atoms with van der Waals surface area (Å²) >= 11 is 5.94. The lowest BCUT2D eigenvalue weighted by molar-refractivity contribution is -0.137. The summed E-state index contributed by atoms with van der Waals surface area (Å²) in [5, 5.41) is 22.0. The third-order valence-corrected chi connectivity index (χ3v) is 4.17. The Labute approximate surface area is 150 Å². The maximum Gasteiger partial charge on any atom is 0.323 e. The number of halogens is 1. The molecule has 0 aliphatic rings. The van der Waals surface area contributed by atoms with E-state index in [1.807, 2.05) is 19.1 Å². The molecule has 0 saturated carbocycles. The number of hydrogen-bond acceptors (Lipinski definition) is 6. The number of aliphatic carboxylic acids is 1. The van der Waals surface area contributed by atoms with E-state index in [-0.39, 0.29) is 11.2 Å². The number of benzene rings is 1. The lowest BCUT2D eigenvalue weighted by atomic mass is 10.1. The van der Waals surface area contributed by atoms with Crippen molar-refractivity contribution in [3.05, 3.63) is 51.7 Å². The highest BCUT2D eigenvalue weighted by atomic mass is 35.5. The summed E-state index contributed by atoms with van der Waals surface area (Å²) in [7, 11) is 0. The monoisotopic (exact) mass is 370 g/mol. The second-order valence-corrected chi connectivity index (χ2v) is 6.08. The zero-order valence-electron chi connectivity index (χ0n) is 13.4. The van der Waals surface area contributed by atoms with Crippen LogP contribution in [0.25, 0.3) is 27.9 Å². The molecule has 0 fully saturated rings. The van der Waals surface area contributed by atoms with Crippen molar-refractivity contribution in [1.82, 2.24) is 29.4 Å². The highest BCUT2D eigenvalue weighted by molar-refractivity contribution is 6.30. The lowest BCUT2D eigenvalue weighted by Gasteiger charge is -2.04. The van der Waals surface area contributed by atoms with Crippen LogP contribution in [0.15, 0.2) is 35.4 Å². The van der Waals surface area contributed by atoms with Crippen LogP contribution < -0.4 is 5.56 Å². The highest BCUT2D eigenvalue weighted by Gasteiger charge is 2.18. The third-order valence-electron chi connectivity index (χ3n) is 3.91. The van der Waals surface area contributed by atoms with Crippen LogP contribution in [-0.4, -0.2) is 40.4 Å². The Hall–Kier alpha value is -3.33. The van der Waals surface area contributed by atoms with E-state index in [9.17, 15) is 9.59 Å². The van der Waals surface area contributed by atoms with Crippen LogP contribution in [0.5, 0.6) is 0 Å². The van der Waals surface area contributed by atoms with Gasteiger partial charge >= 0.3 is 5.97 Å². The molecule has 10 heteroatoms. The fourth-order valence-electron chi connectivity index (χ4n) is 2.78. The fraction of sp³-hybridized carbons (Fsp3) is 0.125. The second kappa shape index (κ2) is 5.88. The molecule has 0 unspecified atom stereocenters. The molecular formula is C16H11ClN6O3. The molecule has 1 aromatic carbocycles. The van der Waals surface area contributed by atoms with Gasteiger partial charge in [0.25, 0.3) is 5.56 Å². The van der Waals surface area contributed by atoms with Crippen LogP contribution in [0.2, 0.25) is 5.02 Å². The quantitative estimate of drug-likeness (QED) is 0.581. The van der Waals surface area contributed by atoms with Crippen LogP contribution in [0.3, 0.4) is 0 Å². The van der Waals surface area contributed by atoms with Crippen molar-refractivity contribution >= 4 is 34.4 Å². The molecule has 9 nitrogen and oxygen atoms in total. The van der Waals surface area contributed by atoms with Crippen molar-refractivity contribution in [3.63, 3.8) is 0 Å². The normalized spacial score (nSPS) is 11.3. The predicted molar refractivity (Wildman–Crippen MR) is 93.2 cm³/mol. The van der Waals surface area contributed by atoms with E-state index in [0.717, 1.165) is 15.7 Å². The zero-order valence-corrected chi connectivity index (χ0v) is 14.2. The van der Waals surface area contributed by atoms with Gasteiger partial charge in [0.2, 0.25) is 0 Å². The van der Waals surface area contributed by atoms with Gasteiger partial charge in [-0.15, -0.1) is 10.2 Å². The maximum atomic E-state index is 12.4. The van der Waals surface area contributed by atoms with Gasteiger partial charge in [0, 0.05) is 5.02 Å². The van der Waals surface area contributed by atoms with Crippen LogP contribution in [0, 0.1) is 6.92 Å². The number of carboxylic acids is 1. The van der Waals surface area contributed by atoms with E-state index in [4.69, 9.17) is 16.7 Å². The van der Waals surface area contributed by atoms with Crippen LogP contribution in [-0.2, 0) is 11.3 Å². The Morgan fingerprint density at radius 1 is 1.19 bits per heavy atom. The van der Waals surface area contributed by atoms with E-state index in [1.165, 1.54) is 10.8 Å². The fourth-order valence-corrected chi connectivity index (χ4v) is 2.90. The largest absolute Gasteiger partial charge is 0.480 e. The van der Waals surface area contributed by atoms with Crippen molar-refractivity contribution < 1.29 is 9.90 Å². The molecule has 0 bridgehead atoms. The Morgan fingerprint density at radius 3 is 2.62 bits per heavy atom. The molecule has 0 radical (unpaired) electrons. The van der Waals surface area contributed by atoms with E-state index in [1.54, 1.807) is 12.1 Å². The number of nitrogens with zero attached hydrogens (tertiary/aromatic N) is 6.